The van der Waals surface area contributed by atoms with Gasteiger partial charge in [0.2, 0.25) is 0 Å². The highest BCUT2D eigenvalue weighted by Gasteiger charge is 2.19. The molecule has 0 aliphatic heterocycles. The number of hydrogen-bond donors (Lipinski definition) is 0. The minimum atomic E-state index is -0.600. The van der Waals surface area contributed by atoms with Crippen molar-refractivity contribution < 1.29 is 19.1 Å². The number of carbonyl (C=O) groups excluding carboxylic acids is 2. The Hall–Kier alpha value is -0.740. The van der Waals surface area contributed by atoms with Crippen LogP contribution in [0.2, 0.25) is 0 Å². The largest absolute Gasteiger partial charge is 0.351 e. The third kappa shape index (κ3) is 11.9. The molecule has 0 aliphatic rings. The summed E-state index contributed by atoms with van der Waals surface area (Å²) in [6.07, 6.45) is 2.88. The number of rotatable bonds is 13. The van der Waals surface area contributed by atoms with Crippen molar-refractivity contribution in [1.29, 1.82) is 0 Å². The lowest BCUT2D eigenvalue weighted by atomic mass is 10.0. The van der Waals surface area contributed by atoms with E-state index in [0.717, 1.165) is 0 Å². The van der Waals surface area contributed by atoms with Gasteiger partial charge in [0.1, 0.15) is 11.6 Å². The summed E-state index contributed by atoms with van der Waals surface area (Å²) in [6.45, 7) is 13.0. The predicted octanol–water partition coefficient (Wildman–Crippen LogP) is 4.16. The van der Waals surface area contributed by atoms with Crippen molar-refractivity contribution >= 4 is 11.6 Å². The van der Waals surface area contributed by atoms with E-state index in [1.807, 2.05) is 27.7 Å². The van der Waals surface area contributed by atoms with E-state index in [-0.39, 0.29) is 17.5 Å². The average Bonchev–Trinajstić information content (AvgIpc) is 2.41. The summed E-state index contributed by atoms with van der Waals surface area (Å²) in [5.41, 5.74) is 0. The molecule has 0 amide bonds. The SMILES string of the molecule is CC(C)COC(C)(C)OCCCC(=O)CCCC(=O)C(C)C. The standard InChI is InChI=1S/C18H34O4/c1-14(2)13-22-18(5,6)21-12-8-10-16(19)9-7-11-17(20)15(3)4/h14-15H,7-13H2,1-6H3. The van der Waals surface area contributed by atoms with E-state index in [4.69, 9.17) is 9.47 Å². The minimum Gasteiger partial charge on any atom is -0.351 e. The lowest BCUT2D eigenvalue weighted by molar-refractivity contribution is -0.218. The van der Waals surface area contributed by atoms with Gasteiger partial charge in [0.15, 0.2) is 5.79 Å². The zero-order valence-electron chi connectivity index (χ0n) is 15.2. The Morgan fingerprint density at radius 2 is 1.50 bits per heavy atom. The van der Waals surface area contributed by atoms with E-state index in [0.29, 0.717) is 51.2 Å². The van der Waals surface area contributed by atoms with Crippen LogP contribution in [0.5, 0.6) is 0 Å². The number of carbonyl (C=O) groups is 2. The van der Waals surface area contributed by atoms with Gasteiger partial charge in [0.05, 0.1) is 13.2 Å². The molecule has 0 saturated heterocycles. The first-order valence-electron chi connectivity index (χ1n) is 8.46. The first kappa shape index (κ1) is 21.3. The van der Waals surface area contributed by atoms with Crippen LogP contribution in [0.15, 0.2) is 0 Å². The number of Topliss-reactive ketones (excluding diaryl/α,β-unsaturated/α-hetero) is 2. The van der Waals surface area contributed by atoms with Crippen LogP contribution in [0.1, 0.15) is 73.6 Å². The van der Waals surface area contributed by atoms with Crippen molar-refractivity contribution in [2.24, 2.45) is 11.8 Å². The highest BCUT2D eigenvalue weighted by molar-refractivity contribution is 5.82. The van der Waals surface area contributed by atoms with Crippen molar-refractivity contribution in [3.63, 3.8) is 0 Å². The lowest BCUT2D eigenvalue weighted by Gasteiger charge is -2.26. The first-order chi connectivity index (χ1) is 10.1. The Balaban J connectivity index is 3.69. The highest BCUT2D eigenvalue weighted by atomic mass is 16.7. The van der Waals surface area contributed by atoms with E-state index < -0.39 is 5.79 Å². The van der Waals surface area contributed by atoms with Crippen molar-refractivity contribution in [3.8, 4) is 0 Å². The second kappa shape index (κ2) is 10.9. The maximum Gasteiger partial charge on any atom is 0.162 e. The summed E-state index contributed by atoms with van der Waals surface area (Å²) in [4.78, 5) is 23.2. The van der Waals surface area contributed by atoms with Gasteiger partial charge in [0.25, 0.3) is 0 Å². The Morgan fingerprint density at radius 3 is 2.05 bits per heavy atom. The normalized spacial score (nSPS) is 12.2. The molecule has 0 radical (unpaired) electrons. The van der Waals surface area contributed by atoms with Crippen molar-refractivity contribution in [2.75, 3.05) is 13.2 Å². The zero-order valence-corrected chi connectivity index (χ0v) is 15.2. The third-order valence-corrected chi connectivity index (χ3v) is 3.34. The zero-order chi connectivity index (χ0) is 17.2. The quantitative estimate of drug-likeness (QED) is 0.378. The van der Waals surface area contributed by atoms with Gasteiger partial charge < -0.3 is 9.47 Å². The van der Waals surface area contributed by atoms with E-state index in [1.54, 1.807) is 0 Å². The molecular formula is C18H34O4. The highest BCUT2D eigenvalue weighted by Crippen LogP contribution is 2.14. The Kier molecular flexibility index (Phi) is 10.5. The molecular weight excluding hydrogens is 280 g/mol. The van der Waals surface area contributed by atoms with Crippen LogP contribution in [0.25, 0.3) is 0 Å². The predicted molar refractivity (Wildman–Crippen MR) is 88.8 cm³/mol. The van der Waals surface area contributed by atoms with E-state index in [9.17, 15) is 9.59 Å². The molecule has 22 heavy (non-hydrogen) atoms. The molecule has 0 fully saturated rings. The van der Waals surface area contributed by atoms with Crippen molar-refractivity contribution in [3.05, 3.63) is 0 Å². The molecule has 0 rings (SSSR count). The van der Waals surface area contributed by atoms with Crippen molar-refractivity contribution in [1.82, 2.24) is 0 Å². The van der Waals surface area contributed by atoms with Crippen LogP contribution >= 0.6 is 0 Å². The Morgan fingerprint density at radius 1 is 0.909 bits per heavy atom. The third-order valence-electron chi connectivity index (χ3n) is 3.34. The van der Waals surface area contributed by atoms with Gasteiger partial charge in [-0.3, -0.25) is 9.59 Å². The molecule has 0 bridgehead atoms. The second-order valence-corrected chi connectivity index (χ2v) is 7.07. The summed E-state index contributed by atoms with van der Waals surface area (Å²) < 4.78 is 11.3. The fourth-order valence-corrected chi connectivity index (χ4v) is 1.87. The molecule has 0 heterocycles. The van der Waals surface area contributed by atoms with Crippen LogP contribution in [0.3, 0.4) is 0 Å². The van der Waals surface area contributed by atoms with Crippen LogP contribution < -0.4 is 0 Å². The van der Waals surface area contributed by atoms with Crippen LogP contribution in [-0.2, 0) is 19.1 Å². The Labute approximate surface area is 135 Å². The molecule has 0 N–H and O–H groups in total. The van der Waals surface area contributed by atoms with Crippen LogP contribution in [-0.4, -0.2) is 30.6 Å². The van der Waals surface area contributed by atoms with Gasteiger partial charge in [-0.25, -0.2) is 0 Å². The van der Waals surface area contributed by atoms with Crippen molar-refractivity contribution in [2.45, 2.75) is 79.4 Å². The molecule has 4 nitrogen and oxygen atoms in total. The monoisotopic (exact) mass is 314 g/mol. The summed E-state index contributed by atoms with van der Waals surface area (Å²) in [7, 11) is 0. The molecule has 0 aliphatic carbocycles. The molecule has 0 spiro atoms. The van der Waals surface area contributed by atoms with Gasteiger partial charge in [-0.15, -0.1) is 0 Å². The minimum absolute atomic E-state index is 0.0663. The molecule has 130 valence electrons. The first-order valence-corrected chi connectivity index (χ1v) is 8.46. The second-order valence-electron chi connectivity index (χ2n) is 7.07. The fourth-order valence-electron chi connectivity index (χ4n) is 1.87. The van der Waals surface area contributed by atoms with E-state index in [2.05, 4.69) is 13.8 Å². The van der Waals surface area contributed by atoms with Gasteiger partial charge in [-0.2, -0.15) is 0 Å². The number of ketones is 2. The lowest BCUT2D eigenvalue weighted by Crippen LogP contribution is -2.30. The summed E-state index contributed by atoms with van der Waals surface area (Å²) in [5, 5.41) is 0. The topological polar surface area (TPSA) is 52.6 Å². The average molecular weight is 314 g/mol. The molecule has 4 heteroatoms. The maximum absolute atomic E-state index is 11.7. The Bertz CT molecular complexity index is 332. The van der Waals surface area contributed by atoms with Gasteiger partial charge in [0, 0.05) is 25.2 Å². The fraction of sp³-hybridized carbons (Fsp3) is 0.889. The number of ether oxygens (including phenoxy) is 2. The molecule has 0 unspecified atom stereocenters. The maximum atomic E-state index is 11.7. The molecule has 0 atom stereocenters. The smallest absolute Gasteiger partial charge is 0.162 e. The van der Waals surface area contributed by atoms with Gasteiger partial charge in [-0.05, 0) is 32.6 Å². The van der Waals surface area contributed by atoms with E-state index in [1.165, 1.54) is 0 Å². The molecule has 0 aromatic heterocycles. The summed E-state index contributed by atoms with van der Waals surface area (Å²) in [6, 6.07) is 0. The van der Waals surface area contributed by atoms with Crippen LogP contribution in [0, 0.1) is 11.8 Å². The summed E-state index contributed by atoms with van der Waals surface area (Å²) in [5.74, 6) is 0.382. The van der Waals surface area contributed by atoms with Gasteiger partial charge in [-0.1, -0.05) is 27.7 Å². The molecule has 0 aromatic rings. The van der Waals surface area contributed by atoms with E-state index >= 15 is 0 Å². The molecule has 0 aromatic carbocycles. The number of hydrogen-bond acceptors (Lipinski definition) is 4. The molecule has 0 saturated carbocycles. The van der Waals surface area contributed by atoms with Crippen LogP contribution in [0.4, 0.5) is 0 Å². The summed E-state index contributed by atoms with van der Waals surface area (Å²) >= 11 is 0. The van der Waals surface area contributed by atoms with Gasteiger partial charge >= 0.3 is 0 Å².